The topological polar surface area (TPSA) is 79.8 Å². The first-order valence-electron chi connectivity index (χ1n) is 10.5. The Bertz CT molecular complexity index is 1170. The highest BCUT2D eigenvalue weighted by molar-refractivity contribution is 6.31. The summed E-state index contributed by atoms with van der Waals surface area (Å²) in [5, 5.41) is 6.86. The van der Waals surface area contributed by atoms with E-state index in [-0.39, 0.29) is 17.6 Å². The molecule has 2 heterocycles. The average Bonchev–Trinajstić information content (AvgIpc) is 3.48. The number of halogens is 2. The first-order chi connectivity index (χ1) is 15.3. The minimum atomic E-state index is -0.493. The summed E-state index contributed by atoms with van der Waals surface area (Å²) >= 11 is 6.03. The molecule has 2 N–H and O–H groups in total. The third-order valence-corrected chi connectivity index (χ3v) is 6.44. The SMILES string of the molecule is Cc1ncc(CNC[C@@]2(c3cccc(F)c3)C[C@H]2C(=O)Nc2cc(C)c(Cl)cn2)c(C)n1. The number of hydrogen-bond acceptors (Lipinski definition) is 5. The van der Waals surface area contributed by atoms with Gasteiger partial charge in [0.25, 0.3) is 0 Å². The molecular formula is C24H25ClFN5O. The Morgan fingerprint density at radius 3 is 2.75 bits per heavy atom. The zero-order chi connectivity index (χ0) is 22.9. The second-order valence-corrected chi connectivity index (χ2v) is 8.77. The molecule has 1 aromatic carbocycles. The van der Waals surface area contributed by atoms with Crippen LogP contribution in [0.2, 0.25) is 5.02 Å². The van der Waals surface area contributed by atoms with Crippen LogP contribution in [0.25, 0.3) is 0 Å². The third-order valence-electron chi connectivity index (χ3n) is 6.05. The van der Waals surface area contributed by atoms with Crippen LogP contribution in [-0.4, -0.2) is 27.4 Å². The van der Waals surface area contributed by atoms with Gasteiger partial charge in [-0.2, -0.15) is 0 Å². The minimum absolute atomic E-state index is 0.139. The molecule has 0 unspecified atom stereocenters. The van der Waals surface area contributed by atoms with Gasteiger partial charge >= 0.3 is 0 Å². The maximum Gasteiger partial charge on any atom is 0.229 e. The van der Waals surface area contributed by atoms with E-state index in [2.05, 4.69) is 25.6 Å². The molecule has 166 valence electrons. The summed E-state index contributed by atoms with van der Waals surface area (Å²) in [5.74, 6) is 0.431. The lowest BCUT2D eigenvalue weighted by atomic mass is 9.92. The molecular weight excluding hydrogens is 429 g/mol. The van der Waals surface area contributed by atoms with E-state index in [9.17, 15) is 9.18 Å². The van der Waals surface area contributed by atoms with E-state index < -0.39 is 5.41 Å². The number of nitrogens with one attached hydrogen (secondary N) is 2. The quantitative estimate of drug-likeness (QED) is 0.558. The van der Waals surface area contributed by atoms with E-state index in [1.807, 2.05) is 33.0 Å². The van der Waals surface area contributed by atoms with Crippen LogP contribution in [0.4, 0.5) is 10.2 Å². The minimum Gasteiger partial charge on any atom is -0.312 e. The zero-order valence-electron chi connectivity index (χ0n) is 18.2. The Morgan fingerprint density at radius 1 is 1.22 bits per heavy atom. The third kappa shape index (κ3) is 4.64. The van der Waals surface area contributed by atoms with Crippen LogP contribution in [0.5, 0.6) is 0 Å². The predicted octanol–water partition coefficient (Wildman–Crippen LogP) is 4.28. The van der Waals surface area contributed by atoms with E-state index in [4.69, 9.17) is 11.6 Å². The number of anilines is 1. The summed E-state index contributed by atoms with van der Waals surface area (Å²) < 4.78 is 14.0. The Hall–Kier alpha value is -2.90. The van der Waals surface area contributed by atoms with Gasteiger partial charge in [-0.05, 0) is 56.5 Å². The highest BCUT2D eigenvalue weighted by Gasteiger charge is 2.59. The van der Waals surface area contributed by atoms with Crippen LogP contribution in [0.15, 0.2) is 42.7 Å². The van der Waals surface area contributed by atoms with E-state index in [1.165, 1.54) is 18.3 Å². The van der Waals surface area contributed by atoms with Crippen LogP contribution in [0, 0.1) is 32.5 Å². The van der Waals surface area contributed by atoms with Gasteiger partial charge in [0, 0.05) is 42.2 Å². The van der Waals surface area contributed by atoms with E-state index >= 15 is 0 Å². The summed E-state index contributed by atoms with van der Waals surface area (Å²) in [6.45, 7) is 6.75. The molecule has 3 aromatic rings. The monoisotopic (exact) mass is 453 g/mol. The second-order valence-electron chi connectivity index (χ2n) is 8.36. The van der Waals surface area contributed by atoms with Crippen molar-refractivity contribution in [3.8, 4) is 0 Å². The van der Waals surface area contributed by atoms with Crippen molar-refractivity contribution < 1.29 is 9.18 Å². The van der Waals surface area contributed by atoms with E-state index in [1.54, 1.807) is 12.1 Å². The van der Waals surface area contributed by atoms with Crippen molar-refractivity contribution in [1.82, 2.24) is 20.3 Å². The maximum absolute atomic E-state index is 14.0. The molecule has 32 heavy (non-hydrogen) atoms. The van der Waals surface area contributed by atoms with Crippen molar-refractivity contribution in [2.24, 2.45) is 5.92 Å². The highest BCUT2D eigenvalue weighted by Crippen LogP contribution is 2.54. The summed E-state index contributed by atoms with van der Waals surface area (Å²) in [4.78, 5) is 25.9. The maximum atomic E-state index is 14.0. The van der Waals surface area contributed by atoms with Crippen molar-refractivity contribution in [1.29, 1.82) is 0 Å². The number of aryl methyl sites for hydroxylation is 3. The van der Waals surface area contributed by atoms with Crippen LogP contribution >= 0.6 is 11.6 Å². The number of benzene rings is 1. The van der Waals surface area contributed by atoms with Gasteiger partial charge < -0.3 is 10.6 Å². The average molecular weight is 454 g/mol. The normalized spacial score (nSPS) is 19.6. The lowest BCUT2D eigenvalue weighted by molar-refractivity contribution is -0.117. The first-order valence-corrected chi connectivity index (χ1v) is 10.9. The molecule has 0 aliphatic heterocycles. The molecule has 1 saturated carbocycles. The number of aromatic nitrogens is 3. The molecule has 2 aromatic heterocycles. The molecule has 1 aliphatic carbocycles. The van der Waals surface area contributed by atoms with Crippen LogP contribution in [0.1, 0.15) is 34.6 Å². The molecule has 0 radical (unpaired) electrons. The molecule has 1 fully saturated rings. The largest absolute Gasteiger partial charge is 0.312 e. The smallest absolute Gasteiger partial charge is 0.229 e. The van der Waals surface area contributed by atoms with Crippen molar-refractivity contribution in [3.63, 3.8) is 0 Å². The number of pyridine rings is 1. The van der Waals surface area contributed by atoms with Crippen molar-refractivity contribution in [2.75, 3.05) is 11.9 Å². The van der Waals surface area contributed by atoms with Gasteiger partial charge in [0.2, 0.25) is 5.91 Å². The first kappa shape index (κ1) is 22.3. The molecule has 2 atom stereocenters. The fourth-order valence-electron chi connectivity index (χ4n) is 4.09. The summed E-state index contributed by atoms with van der Waals surface area (Å²) in [6, 6.07) is 8.23. The zero-order valence-corrected chi connectivity index (χ0v) is 19.0. The van der Waals surface area contributed by atoms with Crippen LogP contribution in [0.3, 0.4) is 0 Å². The number of carbonyl (C=O) groups excluding carboxylic acids is 1. The van der Waals surface area contributed by atoms with Gasteiger partial charge in [-0.3, -0.25) is 4.79 Å². The summed E-state index contributed by atoms with van der Waals surface area (Å²) in [6.07, 6.45) is 3.95. The fraction of sp³-hybridized carbons (Fsp3) is 0.333. The fourth-order valence-corrected chi connectivity index (χ4v) is 4.19. The van der Waals surface area contributed by atoms with Gasteiger partial charge in [-0.1, -0.05) is 23.7 Å². The Morgan fingerprint density at radius 2 is 2.03 bits per heavy atom. The van der Waals surface area contributed by atoms with E-state index in [0.717, 1.165) is 28.2 Å². The highest BCUT2D eigenvalue weighted by atomic mass is 35.5. The number of amides is 1. The number of carbonyl (C=O) groups is 1. The Kier molecular flexibility index (Phi) is 6.22. The molecule has 4 rings (SSSR count). The van der Waals surface area contributed by atoms with Crippen molar-refractivity contribution in [3.05, 3.63) is 81.8 Å². The van der Waals surface area contributed by atoms with Crippen molar-refractivity contribution in [2.45, 2.75) is 39.2 Å². The number of hydrogen-bond donors (Lipinski definition) is 2. The predicted molar refractivity (Wildman–Crippen MR) is 122 cm³/mol. The van der Waals surface area contributed by atoms with Gasteiger partial charge in [0.05, 0.1) is 10.9 Å². The summed E-state index contributed by atoms with van der Waals surface area (Å²) in [7, 11) is 0. The molecule has 1 amide bonds. The van der Waals surface area contributed by atoms with Gasteiger partial charge in [-0.25, -0.2) is 19.3 Å². The molecule has 6 nitrogen and oxygen atoms in total. The molecule has 0 saturated heterocycles. The van der Waals surface area contributed by atoms with Crippen molar-refractivity contribution >= 4 is 23.3 Å². The lowest BCUT2D eigenvalue weighted by Gasteiger charge is -2.19. The Labute approximate surface area is 191 Å². The molecule has 1 aliphatic rings. The summed E-state index contributed by atoms with van der Waals surface area (Å²) in [5.41, 5.74) is 3.06. The molecule has 0 spiro atoms. The second kappa shape index (κ2) is 8.92. The van der Waals surface area contributed by atoms with E-state index in [0.29, 0.717) is 30.4 Å². The number of rotatable bonds is 7. The molecule has 0 bridgehead atoms. The number of nitrogens with zero attached hydrogens (tertiary/aromatic N) is 3. The van der Waals surface area contributed by atoms with Gasteiger partial charge in [0.15, 0.2) is 0 Å². The molecule has 8 heteroatoms. The van der Waals surface area contributed by atoms with Crippen LogP contribution in [-0.2, 0) is 16.8 Å². The van der Waals surface area contributed by atoms with Gasteiger partial charge in [0.1, 0.15) is 17.5 Å². The van der Waals surface area contributed by atoms with Gasteiger partial charge in [-0.15, -0.1) is 0 Å². The lowest BCUT2D eigenvalue weighted by Crippen LogP contribution is -2.32. The van der Waals surface area contributed by atoms with Crippen LogP contribution < -0.4 is 10.6 Å². The standard InChI is InChI=1S/C24H25ClFN5O/c1-14-7-22(29-12-21(14)25)31-23(32)20-9-24(20,18-5-4-6-19(26)8-18)13-27-10-17-11-28-16(3)30-15(17)2/h4-8,11-12,20,27H,9-10,13H2,1-3H3,(H,29,31,32)/t20-,24+/m0/s1. The Balaban J connectivity index is 1.51.